The van der Waals surface area contributed by atoms with Crippen molar-refractivity contribution in [2.24, 2.45) is 0 Å². The Balaban J connectivity index is 2.46. The van der Waals surface area contributed by atoms with Gasteiger partial charge in [0.25, 0.3) is 0 Å². The van der Waals surface area contributed by atoms with Gasteiger partial charge >= 0.3 is 0 Å². The summed E-state index contributed by atoms with van der Waals surface area (Å²) in [4.78, 5) is 24.4. The quantitative estimate of drug-likeness (QED) is 0.846. The van der Waals surface area contributed by atoms with E-state index in [4.69, 9.17) is 23.2 Å². The van der Waals surface area contributed by atoms with Crippen molar-refractivity contribution >= 4 is 40.7 Å². The van der Waals surface area contributed by atoms with Crippen molar-refractivity contribution in [1.29, 1.82) is 0 Å². The molecule has 0 heterocycles. The van der Waals surface area contributed by atoms with Gasteiger partial charge in [-0.25, -0.2) is 0 Å². The van der Waals surface area contributed by atoms with E-state index in [1.54, 1.807) is 31.3 Å². The highest BCUT2D eigenvalue weighted by atomic mass is 35.5. The van der Waals surface area contributed by atoms with Crippen LogP contribution in [0.2, 0.25) is 5.02 Å². The van der Waals surface area contributed by atoms with Gasteiger partial charge in [-0.3, -0.25) is 9.59 Å². The Labute approximate surface area is 116 Å². The molecule has 0 aliphatic rings. The average Bonchev–Trinajstić information content (AvgIpc) is 2.32. The number of hydrogen-bond donors (Lipinski definition) is 1. The Morgan fingerprint density at radius 1 is 1.28 bits per heavy atom. The molecule has 0 unspecified atom stereocenters. The number of hydrogen-bond acceptors (Lipinski definition) is 2. The van der Waals surface area contributed by atoms with Crippen LogP contribution in [0.4, 0.5) is 5.69 Å². The van der Waals surface area contributed by atoms with Crippen LogP contribution in [0.3, 0.4) is 0 Å². The van der Waals surface area contributed by atoms with E-state index in [1.165, 1.54) is 4.90 Å². The fourth-order valence-corrected chi connectivity index (χ4v) is 1.60. The molecule has 98 valence electrons. The molecular weight excluding hydrogens is 275 g/mol. The van der Waals surface area contributed by atoms with Crippen LogP contribution in [-0.2, 0) is 9.59 Å². The Morgan fingerprint density at radius 2 is 1.89 bits per heavy atom. The van der Waals surface area contributed by atoms with E-state index in [0.717, 1.165) is 0 Å². The number of carbonyl (C=O) groups excluding carboxylic acids is 2. The first-order chi connectivity index (χ1) is 8.52. The summed E-state index contributed by atoms with van der Waals surface area (Å²) >= 11 is 11.2. The zero-order valence-electron chi connectivity index (χ0n) is 9.95. The van der Waals surface area contributed by atoms with Gasteiger partial charge in [-0.05, 0) is 24.3 Å². The molecule has 0 atom stereocenters. The molecule has 0 aliphatic carbocycles. The van der Waals surface area contributed by atoms with Crippen molar-refractivity contribution < 1.29 is 9.59 Å². The number of anilines is 1. The first-order valence-corrected chi connectivity index (χ1v) is 6.29. The van der Waals surface area contributed by atoms with E-state index in [1.807, 2.05) is 0 Å². The van der Waals surface area contributed by atoms with Crippen molar-refractivity contribution in [3.8, 4) is 0 Å². The minimum atomic E-state index is -0.261. The zero-order valence-corrected chi connectivity index (χ0v) is 11.5. The number of nitrogens with zero attached hydrogens (tertiary/aromatic N) is 1. The maximum Gasteiger partial charge on any atom is 0.243 e. The topological polar surface area (TPSA) is 49.4 Å². The molecule has 0 aliphatic heterocycles. The number of rotatable bonds is 5. The first kappa shape index (κ1) is 14.8. The summed E-state index contributed by atoms with van der Waals surface area (Å²) in [6.07, 6.45) is 0.228. The van der Waals surface area contributed by atoms with Crippen molar-refractivity contribution in [2.45, 2.75) is 6.42 Å². The Kier molecular flexibility index (Phi) is 5.95. The van der Waals surface area contributed by atoms with Gasteiger partial charge < -0.3 is 10.2 Å². The highest BCUT2D eigenvalue weighted by Crippen LogP contribution is 2.13. The number of nitrogens with one attached hydrogen (secondary N) is 1. The SMILES string of the molecule is CN(CC(=O)Nc1ccc(Cl)cc1)C(=O)CCCl. The minimum Gasteiger partial charge on any atom is -0.336 e. The molecule has 2 amide bonds. The third kappa shape index (κ3) is 4.94. The third-order valence-electron chi connectivity index (χ3n) is 2.24. The summed E-state index contributed by atoms with van der Waals surface area (Å²) in [6, 6.07) is 6.75. The van der Waals surface area contributed by atoms with E-state index < -0.39 is 0 Å². The molecule has 6 heteroatoms. The lowest BCUT2D eigenvalue weighted by Crippen LogP contribution is -2.34. The standard InChI is InChI=1S/C12H14Cl2N2O2/c1-16(12(18)6-7-13)8-11(17)15-10-4-2-9(14)3-5-10/h2-5H,6-8H2,1H3,(H,15,17). The Morgan fingerprint density at radius 3 is 2.44 bits per heavy atom. The van der Waals surface area contributed by atoms with Crippen LogP contribution in [0.15, 0.2) is 24.3 Å². The lowest BCUT2D eigenvalue weighted by Gasteiger charge is -2.16. The number of halogens is 2. The molecule has 18 heavy (non-hydrogen) atoms. The van der Waals surface area contributed by atoms with Crippen LogP contribution in [0, 0.1) is 0 Å². The number of carbonyl (C=O) groups is 2. The van der Waals surface area contributed by atoms with Gasteiger partial charge in [-0.2, -0.15) is 0 Å². The zero-order chi connectivity index (χ0) is 13.5. The predicted octanol–water partition coefficient (Wildman–Crippen LogP) is 2.37. The van der Waals surface area contributed by atoms with Gasteiger partial charge in [-0.1, -0.05) is 11.6 Å². The second-order valence-electron chi connectivity index (χ2n) is 3.74. The molecular formula is C12H14Cl2N2O2. The molecule has 4 nitrogen and oxygen atoms in total. The number of likely N-dealkylation sites (N-methyl/N-ethyl adjacent to an activating group) is 1. The summed E-state index contributed by atoms with van der Waals surface area (Å²) in [7, 11) is 1.57. The summed E-state index contributed by atoms with van der Waals surface area (Å²) in [5.41, 5.74) is 0.641. The molecule has 0 saturated carbocycles. The van der Waals surface area contributed by atoms with E-state index in [9.17, 15) is 9.59 Å². The van der Waals surface area contributed by atoms with Gasteiger partial charge in [0, 0.05) is 30.1 Å². The van der Waals surface area contributed by atoms with Crippen LogP contribution >= 0.6 is 23.2 Å². The summed E-state index contributed by atoms with van der Waals surface area (Å²) in [6.45, 7) is -0.00164. The molecule has 0 aromatic heterocycles. The van der Waals surface area contributed by atoms with Crippen molar-refractivity contribution in [2.75, 3.05) is 24.8 Å². The van der Waals surface area contributed by atoms with Crippen LogP contribution in [0.25, 0.3) is 0 Å². The van der Waals surface area contributed by atoms with E-state index in [-0.39, 0.29) is 30.7 Å². The molecule has 1 N–H and O–H groups in total. The monoisotopic (exact) mass is 288 g/mol. The summed E-state index contributed by atoms with van der Waals surface area (Å²) in [5, 5.41) is 3.27. The normalized spacial score (nSPS) is 9.94. The Bertz CT molecular complexity index is 421. The van der Waals surface area contributed by atoms with Gasteiger partial charge in [-0.15, -0.1) is 11.6 Å². The lowest BCUT2D eigenvalue weighted by molar-refractivity contribution is -0.132. The van der Waals surface area contributed by atoms with Gasteiger partial charge in [0.2, 0.25) is 11.8 Å². The predicted molar refractivity (Wildman–Crippen MR) is 73.1 cm³/mol. The molecule has 0 bridgehead atoms. The van der Waals surface area contributed by atoms with E-state index in [0.29, 0.717) is 10.7 Å². The van der Waals surface area contributed by atoms with Crippen molar-refractivity contribution in [1.82, 2.24) is 4.90 Å². The van der Waals surface area contributed by atoms with Crippen molar-refractivity contribution in [3.05, 3.63) is 29.3 Å². The number of amides is 2. The largest absolute Gasteiger partial charge is 0.336 e. The van der Waals surface area contributed by atoms with Crippen LogP contribution < -0.4 is 5.32 Å². The highest BCUT2D eigenvalue weighted by Gasteiger charge is 2.12. The molecule has 1 aromatic carbocycles. The summed E-state index contributed by atoms with van der Waals surface area (Å²) in [5.74, 6) is -0.166. The maximum atomic E-state index is 11.6. The molecule has 1 rings (SSSR count). The second-order valence-corrected chi connectivity index (χ2v) is 4.56. The van der Waals surface area contributed by atoms with E-state index >= 15 is 0 Å². The second kappa shape index (κ2) is 7.24. The number of benzene rings is 1. The molecule has 0 saturated heterocycles. The average molecular weight is 289 g/mol. The fraction of sp³-hybridized carbons (Fsp3) is 0.333. The highest BCUT2D eigenvalue weighted by molar-refractivity contribution is 6.30. The molecule has 0 fully saturated rings. The van der Waals surface area contributed by atoms with Crippen LogP contribution in [0.1, 0.15) is 6.42 Å². The lowest BCUT2D eigenvalue weighted by atomic mass is 10.3. The fourth-order valence-electron chi connectivity index (χ4n) is 1.31. The van der Waals surface area contributed by atoms with Gasteiger partial charge in [0.1, 0.15) is 0 Å². The van der Waals surface area contributed by atoms with Gasteiger partial charge in [0.15, 0.2) is 0 Å². The van der Waals surface area contributed by atoms with Crippen LogP contribution in [-0.4, -0.2) is 36.2 Å². The van der Waals surface area contributed by atoms with Crippen molar-refractivity contribution in [3.63, 3.8) is 0 Å². The van der Waals surface area contributed by atoms with Gasteiger partial charge in [0.05, 0.1) is 6.54 Å². The third-order valence-corrected chi connectivity index (χ3v) is 2.68. The minimum absolute atomic E-state index is 0.00164. The van der Waals surface area contributed by atoms with Crippen LogP contribution in [0.5, 0.6) is 0 Å². The molecule has 1 aromatic rings. The maximum absolute atomic E-state index is 11.6. The van der Waals surface area contributed by atoms with E-state index in [2.05, 4.69) is 5.32 Å². The number of alkyl halides is 1. The summed E-state index contributed by atoms with van der Waals surface area (Å²) < 4.78 is 0. The first-order valence-electron chi connectivity index (χ1n) is 5.38. The Hall–Kier alpha value is -1.26. The smallest absolute Gasteiger partial charge is 0.243 e. The molecule has 0 spiro atoms. The molecule has 0 radical (unpaired) electrons.